The first-order valence-corrected chi connectivity index (χ1v) is 8.92. The van der Waals surface area contributed by atoms with E-state index in [1.807, 2.05) is 12.1 Å². The molecule has 156 valence electrons. The van der Waals surface area contributed by atoms with Crippen molar-refractivity contribution in [1.82, 2.24) is 15.6 Å². The van der Waals surface area contributed by atoms with Crippen LogP contribution in [0, 0.1) is 0 Å². The maximum absolute atomic E-state index is 12.6. The van der Waals surface area contributed by atoms with Gasteiger partial charge in [0, 0.05) is 43.6 Å². The number of hydrogen-bond acceptors (Lipinski definition) is 5. The molecule has 0 bridgehead atoms. The third kappa shape index (κ3) is 7.00. The number of alkyl halides is 3. The fourth-order valence-electron chi connectivity index (χ4n) is 2.24. The highest BCUT2D eigenvalue weighted by atomic mass is 127. The Kier molecular flexibility index (Phi) is 9.79. The first-order valence-electron chi connectivity index (χ1n) is 8.04. The first kappa shape index (κ1) is 24.3. The molecular weight excluding hydrogens is 508 g/mol. The highest BCUT2D eigenvalue weighted by Gasteiger charge is 2.33. The van der Waals surface area contributed by atoms with E-state index in [1.165, 1.54) is 0 Å². The molecule has 0 spiro atoms. The third-order valence-electron chi connectivity index (χ3n) is 3.64. The van der Waals surface area contributed by atoms with Crippen LogP contribution < -0.4 is 20.1 Å². The second kappa shape index (κ2) is 11.3. The van der Waals surface area contributed by atoms with E-state index in [1.54, 1.807) is 27.3 Å². The van der Waals surface area contributed by atoms with Gasteiger partial charge in [-0.05, 0) is 12.1 Å². The molecule has 2 rings (SSSR count). The lowest BCUT2D eigenvalue weighted by Gasteiger charge is -2.14. The molecule has 1 heterocycles. The van der Waals surface area contributed by atoms with Gasteiger partial charge in [0.2, 0.25) is 0 Å². The smallest absolute Gasteiger partial charge is 0.434 e. The van der Waals surface area contributed by atoms with Crippen molar-refractivity contribution in [2.75, 3.05) is 27.8 Å². The Bertz CT molecular complexity index is 784. The van der Waals surface area contributed by atoms with E-state index in [0.717, 1.165) is 22.3 Å². The zero-order chi connectivity index (χ0) is 19.9. The number of ether oxygens (including phenoxy) is 2. The predicted molar refractivity (Wildman–Crippen MR) is 114 cm³/mol. The van der Waals surface area contributed by atoms with Crippen LogP contribution >= 0.6 is 35.3 Å². The number of benzene rings is 1. The monoisotopic (exact) mass is 530 g/mol. The van der Waals surface area contributed by atoms with Gasteiger partial charge in [-0.25, -0.2) is 4.98 Å². The van der Waals surface area contributed by atoms with Gasteiger partial charge >= 0.3 is 6.18 Å². The van der Waals surface area contributed by atoms with Crippen LogP contribution in [0.1, 0.15) is 16.3 Å². The van der Waals surface area contributed by atoms with Gasteiger partial charge in [-0.1, -0.05) is 0 Å². The van der Waals surface area contributed by atoms with Crippen LogP contribution in [0.15, 0.2) is 28.6 Å². The van der Waals surface area contributed by atoms with Crippen LogP contribution in [-0.4, -0.2) is 38.8 Å². The average Bonchev–Trinajstić information content (AvgIpc) is 3.13. The van der Waals surface area contributed by atoms with Gasteiger partial charge in [-0.2, -0.15) is 13.2 Å². The number of aliphatic imine (C=N–C) groups is 1. The summed E-state index contributed by atoms with van der Waals surface area (Å²) in [5.41, 5.74) is 0.0626. The number of methoxy groups -OCH3 is 2. The van der Waals surface area contributed by atoms with Gasteiger partial charge in [0.1, 0.15) is 11.5 Å². The number of rotatable bonds is 7. The molecule has 28 heavy (non-hydrogen) atoms. The Hall–Kier alpha value is -1.76. The standard InChI is InChI=1S/C17H21F3N4O2S.HI/c1-21-16(22-7-6-15-24-14(10-27-15)17(18,19)20)23-9-11-4-5-12(25-2)8-13(11)26-3;/h4-5,8,10H,6-7,9H2,1-3H3,(H2,21,22,23);1H. The van der Waals surface area contributed by atoms with Crippen LogP contribution in [0.2, 0.25) is 0 Å². The van der Waals surface area contributed by atoms with E-state index >= 15 is 0 Å². The molecule has 11 heteroatoms. The van der Waals surface area contributed by atoms with Crippen molar-refractivity contribution in [1.29, 1.82) is 0 Å². The van der Waals surface area contributed by atoms with Gasteiger partial charge in [0.05, 0.1) is 19.2 Å². The zero-order valence-electron chi connectivity index (χ0n) is 15.6. The van der Waals surface area contributed by atoms with Crippen LogP contribution in [0.5, 0.6) is 11.5 Å². The van der Waals surface area contributed by atoms with Crippen LogP contribution in [-0.2, 0) is 19.1 Å². The number of halogens is 4. The highest BCUT2D eigenvalue weighted by molar-refractivity contribution is 14.0. The summed E-state index contributed by atoms with van der Waals surface area (Å²) in [4.78, 5) is 7.70. The van der Waals surface area contributed by atoms with Crippen molar-refractivity contribution < 1.29 is 22.6 Å². The molecule has 1 aromatic carbocycles. The summed E-state index contributed by atoms with van der Waals surface area (Å²) in [5, 5.41) is 7.63. The molecule has 0 atom stereocenters. The van der Waals surface area contributed by atoms with Crippen molar-refractivity contribution in [3.8, 4) is 11.5 Å². The van der Waals surface area contributed by atoms with Crippen molar-refractivity contribution in [3.63, 3.8) is 0 Å². The van der Waals surface area contributed by atoms with Gasteiger partial charge in [0.15, 0.2) is 11.7 Å². The number of thiazole rings is 1. The Morgan fingerprint density at radius 3 is 2.54 bits per heavy atom. The number of nitrogens with zero attached hydrogens (tertiary/aromatic N) is 2. The van der Waals surface area contributed by atoms with Gasteiger partial charge in [-0.3, -0.25) is 4.99 Å². The average molecular weight is 530 g/mol. The topological polar surface area (TPSA) is 67.8 Å². The molecular formula is C17H22F3IN4O2S. The van der Waals surface area contributed by atoms with Crippen molar-refractivity contribution in [2.24, 2.45) is 4.99 Å². The Balaban J connectivity index is 0.00000392. The van der Waals surface area contributed by atoms with Crippen molar-refractivity contribution in [2.45, 2.75) is 19.1 Å². The summed E-state index contributed by atoms with van der Waals surface area (Å²) in [6.07, 6.45) is -4.04. The molecule has 0 aliphatic carbocycles. The molecule has 6 nitrogen and oxygen atoms in total. The van der Waals surface area contributed by atoms with E-state index < -0.39 is 11.9 Å². The van der Waals surface area contributed by atoms with Gasteiger partial charge in [0.25, 0.3) is 0 Å². The second-order valence-electron chi connectivity index (χ2n) is 5.40. The SMILES string of the molecule is CN=C(NCCc1nc(C(F)(F)F)cs1)NCc1ccc(OC)cc1OC.I. The minimum atomic E-state index is -4.41. The fraction of sp³-hybridized carbons (Fsp3) is 0.412. The largest absolute Gasteiger partial charge is 0.497 e. The van der Waals surface area contributed by atoms with Crippen molar-refractivity contribution >= 4 is 41.3 Å². The molecule has 0 aliphatic rings. The van der Waals surface area contributed by atoms with Gasteiger partial charge in [-0.15, -0.1) is 35.3 Å². The summed E-state index contributed by atoms with van der Waals surface area (Å²) in [5.74, 6) is 1.90. The van der Waals surface area contributed by atoms with Crippen LogP contribution in [0.25, 0.3) is 0 Å². The fourth-order valence-corrected chi connectivity index (χ4v) is 3.05. The quantitative estimate of drug-likeness (QED) is 0.325. The summed E-state index contributed by atoms with van der Waals surface area (Å²) in [6.45, 7) is 0.868. The normalized spacial score (nSPS) is 11.6. The van der Waals surface area contributed by atoms with E-state index in [0.29, 0.717) is 42.0 Å². The summed E-state index contributed by atoms with van der Waals surface area (Å²) < 4.78 is 48.2. The van der Waals surface area contributed by atoms with E-state index in [-0.39, 0.29) is 24.0 Å². The lowest BCUT2D eigenvalue weighted by Crippen LogP contribution is -2.37. The second-order valence-corrected chi connectivity index (χ2v) is 6.35. The molecule has 2 aromatic rings. The lowest BCUT2D eigenvalue weighted by atomic mass is 10.2. The van der Waals surface area contributed by atoms with Gasteiger partial charge < -0.3 is 20.1 Å². The van der Waals surface area contributed by atoms with Crippen molar-refractivity contribution in [3.05, 3.63) is 39.8 Å². The van der Waals surface area contributed by atoms with Crippen LogP contribution in [0.3, 0.4) is 0 Å². The van der Waals surface area contributed by atoms with E-state index in [4.69, 9.17) is 9.47 Å². The van der Waals surface area contributed by atoms with E-state index in [9.17, 15) is 13.2 Å². The predicted octanol–water partition coefficient (Wildman–Crippen LogP) is 3.70. The summed E-state index contributed by atoms with van der Waals surface area (Å²) >= 11 is 0.995. The molecule has 1 aromatic heterocycles. The number of nitrogens with one attached hydrogen (secondary N) is 2. The molecule has 0 amide bonds. The summed E-state index contributed by atoms with van der Waals surface area (Å²) in [6, 6.07) is 5.50. The van der Waals surface area contributed by atoms with E-state index in [2.05, 4.69) is 20.6 Å². The lowest BCUT2D eigenvalue weighted by molar-refractivity contribution is -0.140. The number of hydrogen-bond donors (Lipinski definition) is 2. The molecule has 0 saturated carbocycles. The Morgan fingerprint density at radius 1 is 1.21 bits per heavy atom. The first-order chi connectivity index (χ1) is 12.9. The molecule has 0 radical (unpaired) electrons. The third-order valence-corrected chi connectivity index (χ3v) is 4.55. The molecule has 2 N–H and O–H groups in total. The highest BCUT2D eigenvalue weighted by Crippen LogP contribution is 2.30. The maximum Gasteiger partial charge on any atom is 0.434 e. The molecule has 0 saturated heterocycles. The minimum Gasteiger partial charge on any atom is -0.497 e. The zero-order valence-corrected chi connectivity index (χ0v) is 18.7. The molecule has 0 fully saturated rings. The van der Waals surface area contributed by atoms with Crippen LogP contribution in [0.4, 0.5) is 13.2 Å². The molecule has 0 unspecified atom stereocenters. The minimum absolute atomic E-state index is 0. The Morgan fingerprint density at radius 2 is 1.96 bits per heavy atom. The number of guanidine groups is 1. The number of aromatic nitrogens is 1. The molecule has 0 aliphatic heterocycles. The summed E-state index contributed by atoms with van der Waals surface area (Å²) in [7, 11) is 4.78. The maximum atomic E-state index is 12.6. The Labute approximate surface area is 182 Å².